The first kappa shape index (κ1) is 19.9. The lowest BCUT2D eigenvalue weighted by Gasteiger charge is -2.31. The van der Waals surface area contributed by atoms with Crippen molar-refractivity contribution in [3.63, 3.8) is 0 Å². The second-order valence-electron chi connectivity index (χ2n) is 8.68. The molecular weight excluding hydrogens is 416 g/mol. The molecule has 2 aliphatic rings. The van der Waals surface area contributed by atoms with Crippen LogP contribution in [0.1, 0.15) is 30.0 Å². The number of carbonyl (C=O) groups is 1. The molecule has 0 amide bonds. The molecule has 3 N–H and O–H groups in total. The molecule has 1 aromatic carbocycles. The number of aromatic nitrogens is 2. The Morgan fingerprint density at radius 1 is 1.23 bits per heavy atom. The fraction of sp³-hybridized carbons (Fsp3) is 0.318. The molecule has 5 rings (SSSR count). The van der Waals surface area contributed by atoms with Crippen molar-refractivity contribution in [1.29, 1.82) is 0 Å². The second-order valence-corrected chi connectivity index (χ2v) is 12.3. The van der Waals surface area contributed by atoms with Gasteiger partial charge in [-0.05, 0) is 49.0 Å². The van der Waals surface area contributed by atoms with Crippen LogP contribution in [0.2, 0.25) is 13.1 Å². The van der Waals surface area contributed by atoms with Gasteiger partial charge in [0, 0.05) is 16.5 Å². The number of aliphatic hydroxyl groups is 1. The van der Waals surface area contributed by atoms with Crippen molar-refractivity contribution in [1.82, 2.24) is 9.55 Å². The van der Waals surface area contributed by atoms with E-state index in [0.717, 1.165) is 5.56 Å². The van der Waals surface area contributed by atoms with Gasteiger partial charge in [0.05, 0.1) is 29.0 Å². The number of hydrogen-bond acceptors (Lipinski definition) is 7. The summed E-state index contributed by atoms with van der Waals surface area (Å²) in [5, 5.41) is 22.4. The Bertz CT molecular complexity index is 1360. The largest absolute Gasteiger partial charge is 0.508 e. The van der Waals surface area contributed by atoms with E-state index in [2.05, 4.69) is 0 Å². The molecule has 0 saturated carbocycles. The molecule has 2 aromatic heterocycles. The standard InChI is InChI=1S/C22H22N2O6Si/c1-4-22(28)15-8-17-18-13(9-24(17)20(26)14(15)10-30-21(22)27)19(31(2,3)29)12-7-11(25)5-6-16(12)23-18/h5-8,25,28-29H,4,9-10H2,1-3H3/t22-/m0/s1. The molecule has 0 fully saturated rings. The number of fused-ring (bicyclic) bond motifs is 5. The maximum Gasteiger partial charge on any atom is 0.343 e. The molecule has 31 heavy (non-hydrogen) atoms. The quantitative estimate of drug-likeness (QED) is 0.317. The zero-order valence-corrected chi connectivity index (χ0v) is 18.4. The third-order valence-corrected chi connectivity index (χ3v) is 8.08. The van der Waals surface area contributed by atoms with Crippen LogP contribution in [-0.2, 0) is 28.3 Å². The van der Waals surface area contributed by atoms with E-state index >= 15 is 0 Å². The van der Waals surface area contributed by atoms with Crippen LogP contribution < -0.4 is 10.7 Å². The highest BCUT2D eigenvalue weighted by atomic mass is 28.4. The highest BCUT2D eigenvalue weighted by molar-refractivity contribution is 6.85. The monoisotopic (exact) mass is 438 g/mol. The van der Waals surface area contributed by atoms with Gasteiger partial charge >= 0.3 is 5.97 Å². The fourth-order valence-electron chi connectivity index (χ4n) is 4.77. The number of benzene rings is 1. The third-order valence-electron chi connectivity index (χ3n) is 6.28. The van der Waals surface area contributed by atoms with Gasteiger partial charge in [0.1, 0.15) is 12.4 Å². The van der Waals surface area contributed by atoms with Gasteiger partial charge in [0.25, 0.3) is 5.56 Å². The summed E-state index contributed by atoms with van der Waals surface area (Å²) in [4.78, 5) is 41.5. The number of ether oxygens (including phenoxy) is 1. The normalized spacial score (nSPS) is 19.7. The molecule has 0 unspecified atom stereocenters. The molecule has 9 heteroatoms. The SMILES string of the molecule is CC[C@@]1(O)C(=O)OCc2c1cc1n(c2=O)Cc2c-1nc1ccc(O)cc1c2[Si](C)(C)O. The molecule has 1 atom stereocenters. The van der Waals surface area contributed by atoms with Crippen LogP contribution in [0.4, 0.5) is 0 Å². The summed E-state index contributed by atoms with van der Waals surface area (Å²) >= 11 is 0. The molecule has 8 nitrogen and oxygen atoms in total. The van der Waals surface area contributed by atoms with Crippen LogP contribution in [0.3, 0.4) is 0 Å². The Kier molecular flexibility index (Phi) is 4.02. The first-order chi connectivity index (χ1) is 14.6. The highest BCUT2D eigenvalue weighted by Gasteiger charge is 2.45. The maximum atomic E-state index is 13.3. The van der Waals surface area contributed by atoms with Crippen LogP contribution in [-0.4, -0.2) is 38.8 Å². The zero-order chi connectivity index (χ0) is 22.3. The third kappa shape index (κ3) is 2.63. The molecule has 0 radical (unpaired) electrons. The van der Waals surface area contributed by atoms with Gasteiger partial charge in [-0.1, -0.05) is 6.92 Å². The summed E-state index contributed by atoms with van der Waals surface area (Å²) in [6.07, 6.45) is 0.0703. The van der Waals surface area contributed by atoms with E-state index in [0.29, 0.717) is 27.5 Å². The molecule has 0 saturated heterocycles. The van der Waals surface area contributed by atoms with Gasteiger partial charge in [-0.15, -0.1) is 0 Å². The molecule has 2 aliphatic heterocycles. The average Bonchev–Trinajstić information content (AvgIpc) is 3.07. The Balaban J connectivity index is 1.87. The summed E-state index contributed by atoms with van der Waals surface area (Å²) in [5.41, 5.74) is 0.625. The van der Waals surface area contributed by atoms with E-state index < -0.39 is 19.9 Å². The van der Waals surface area contributed by atoms with E-state index in [4.69, 9.17) is 9.72 Å². The van der Waals surface area contributed by atoms with Gasteiger partial charge in [-0.25, -0.2) is 9.78 Å². The minimum absolute atomic E-state index is 0.0700. The molecule has 0 bridgehead atoms. The molecule has 3 aromatic rings. The lowest BCUT2D eigenvalue weighted by molar-refractivity contribution is -0.172. The first-order valence-corrected chi connectivity index (χ1v) is 13.1. The smallest absolute Gasteiger partial charge is 0.343 e. The number of pyridine rings is 2. The predicted molar refractivity (Wildman–Crippen MR) is 116 cm³/mol. The molecule has 4 heterocycles. The number of carbonyl (C=O) groups excluding carboxylic acids is 1. The van der Waals surface area contributed by atoms with Crippen molar-refractivity contribution in [2.24, 2.45) is 0 Å². The number of aromatic hydroxyl groups is 1. The summed E-state index contributed by atoms with van der Waals surface area (Å²) < 4.78 is 6.65. The number of phenols is 1. The molecule has 0 spiro atoms. The van der Waals surface area contributed by atoms with Gasteiger partial charge in [0.15, 0.2) is 5.60 Å². The Hall–Kier alpha value is -3.01. The first-order valence-electron chi connectivity index (χ1n) is 10.1. The van der Waals surface area contributed by atoms with Gasteiger partial charge < -0.3 is 24.3 Å². The summed E-state index contributed by atoms with van der Waals surface area (Å²) in [7, 11) is -2.91. The maximum absolute atomic E-state index is 13.3. The number of cyclic esters (lactones) is 1. The van der Waals surface area contributed by atoms with Gasteiger partial charge in [0.2, 0.25) is 8.32 Å². The number of hydrogen-bond donors (Lipinski definition) is 3. The Morgan fingerprint density at radius 2 is 1.97 bits per heavy atom. The van der Waals surface area contributed by atoms with E-state index in [-0.39, 0.29) is 42.0 Å². The second kappa shape index (κ2) is 6.25. The zero-order valence-electron chi connectivity index (χ0n) is 17.4. The Morgan fingerprint density at radius 3 is 2.65 bits per heavy atom. The predicted octanol–water partition coefficient (Wildman–Crippen LogP) is 1.19. The van der Waals surface area contributed by atoms with Crippen LogP contribution in [0, 0.1) is 0 Å². The number of rotatable bonds is 2. The lowest BCUT2D eigenvalue weighted by atomic mass is 9.86. The van der Waals surface area contributed by atoms with Crippen molar-refractivity contribution >= 4 is 30.4 Å². The highest BCUT2D eigenvalue weighted by Crippen LogP contribution is 2.38. The van der Waals surface area contributed by atoms with Crippen molar-refractivity contribution in [2.75, 3.05) is 0 Å². The summed E-state index contributed by atoms with van der Waals surface area (Å²) in [6.45, 7) is 5.24. The van der Waals surface area contributed by atoms with Crippen molar-refractivity contribution in [3.8, 4) is 17.1 Å². The number of phenolic OH excluding ortho intramolecular Hbond substituents is 1. The Labute approximate surface area is 178 Å². The average molecular weight is 439 g/mol. The van der Waals surface area contributed by atoms with Crippen LogP contribution in [0.5, 0.6) is 5.75 Å². The van der Waals surface area contributed by atoms with Gasteiger partial charge in [-0.3, -0.25) is 4.79 Å². The van der Waals surface area contributed by atoms with Crippen LogP contribution in [0.15, 0.2) is 29.1 Å². The minimum atomic E-state index is -2.91. The molecule has 0 aliphatic carbocycles. The van der Waals surface area contributed by atoms with Crippen molar-refractivity contribution in [3.05, 3.63) is 51.3 Å². The van der Waals surface area contributed by atoms with Gasteiger partial charge in [-0.2, -0.15) is 0 Å². The van der Waals surface area contributed by atoms with Crippen LogP contribution in [0.25, 0.3) is 22.3 Å². The summed E-state index contributed by atoms with van der Waals surface area (Å²) in [5.74, 6) is -0.697. The topological polar surface area (TPSA) is 122 Å². The summed E-state index contributed by atoms with van der Waals surface area (Å²) in [6, 6.07) is 6.44. The molecule has 160 valence electrons. The van der Waals surface area contributed by atoms with E-state index in [1.165, 1.54) is 6.07 Å². The fourth-order valence-corrected chi connectivity index (χ4v) is 6.56. The van der Waals surface area contributed by atoms with Crippen molar-refractivity contribution in [2.45, 2.75) is 45.2 Å². The van der Waals surface area contributed by atoms with Crippen LogP contribution >= 0.6 is 0 Å². The number of esters is 1. The lowest BCUT2D eigenvalue weighted by Crippen LogP contribution is -2.45. The van der Waals surface area contributed by atoms with E-state index in [1.807, 2.05) is 0 Å². The van der Waals surface area contributed by atoms with E-state index in [9.17, 15) is 24.6 Å². The minimum Gasteiger partial charge on any atom is -0.508 e. The number of nitrogens with zero attached hydrogens (tertiary/aromatic N) is 2. The van der Waals surface area contributed by atoms with E-state index in [1.54, 1.807) is 42.8 Å². The van der Waals surface area contributed by atoms with Crippen molar-refractivity contribution < 1.29 is 24.5 Å². The molecular formula is C22H22N2O6Si.